The van der Waals surface area contributed by atoms with Crippen molar-refractivity contribution in [3.63, 3.8) is 0 Å². The van der Waals surface area contributed by atoms with Gasteiger partial charge in [0.1, 0.15) is 11.6 Å². The molecule has 0 unspecified atom stereocenters. The van der Waals surface area contributed by atoms with Gasteiger partial charge in [0.25, 0.3) is 0 Å². The molecule has 112 valence electrons. The first-order valence-corrected chi connectivity index (χ1v) is 7.54. The van der Waals surface area contributed by atoms with Crippen molar-refractivity contribution in [2.75, 3.05) is 0 Å². The van der Waals surface area contributed by atoms with Crippen molar-refractivity contribution in [2.24, 2.45) is 0 Å². The minimum atomic E-state index is -0.319. The van der Waals surface area contributed by atoms with Crippen LogP contribution in [0.25, 0.3) is 5.82 Å². The maximum Gasteiger partial charge on any atom is 0.160 e. The number of nitrogens with one attached hydrogen (secondary N) is 1. The molecule has 3 rings (SSSR count). The number of aryl methyl sites for hydroxylation is 2. The molecule has 0 spiro atoms. The molecule has 2 aromatic heterocycles. The Morgan fingerprint density at radius 1 is 1.33 bits per heavy atom. The summed E-state index contributed by atoms with van der Waals surface area (Å²) in [5.74, 6) is 2.01. The van der Waals surface area contributed by atoms with E-state index in [4.69, 9.17) is 0 Å². The fourth-order valence-corrected chi connectivity index (χ4v) is 2.28. The first kappa shape index (κ1) is 14.1. The van der Waals surface area contributed by atoms with Crippen molar-refractivity contribution in [2.45, 2.75) is 52.1 Å². The second-order valence-corrected chi connectivity index (χ2v) is 5.35. The summed E-state index contributed by atoms with van der Waals surface area (Å²) in [4.78, 5) is 8.74. The Bertz CT molecular complexity index is 633. The van der Waals surface area contributed by atoms with Gasteiger partial charge in [0.05, 0.1) is 6.20 Å². The third-order valence-corrected chi connectivity index (χ3v) is 3.62. The molecule has 1 saturated carbocycles. The van der Waals surface area contributed by atoms with Gasteiger partial charge in [-0.1, -0.05) is 13.8 Å². The summed E-state index contributed by atoms with van der Waals surface area (Å²) in [6, 6.07) is 2.10. The predicted molar refractivity (Wildman–Crippen MR) is 77.7 cm³/mol. The molecule has 21 heavy (non-hydrogen) atoms. The van der Waals surface area contributed by atoms with Gasteiger partial charge < -0.3 is 5.32 Å². The van der Waals surface area contributed by atoms with E-state index in [0.29, 0.717) is 18.4 Å². The maximum atomic E-state index is 13.5. The van der Waals surface area contributed by atoms with E-state index in [-0.39, 0.29) is 5.82 Å². The molecule has 1 aliphatic rings. The number of halogens is 1. The Labute approximate surface area is 123 Å². The minimum absolute atomic E-state index is 0.319. The highest BCUT2D eigenvalue weighted by Gasteiger charge is 2.22. The molecular weight excluding hydrogens is 269 g/mol. The van der Waals surface area contributed by atoms with Crippen LogP contribution in [-0.4, -0.2) is 25.8 Å². The lowest BCUT2D eigenvalue weighted by Crippen LogP contribution is -2.18. The summed E-state index contributed by atoms with van der Waals surface area (Å²) in [7, 11) is 0. The largest absolute Gasteiger partial charge is 0.310 e. The molecule has 0 aliphatic heterocycles. The summed E-state index contributed by atoms with van der Waals surface area (Å²) in [6.07, 6.45) is 5.17. The van der Waals surface area contributed by atoms with Crippen molar-refractivity contribution in [1.29, 1.82) is 0 Å². The SMILES string of the molecule is CCc1nc(CC)n(-c2ncc(F)cc2CNC2CC2)n1. The van der Waals surface area contributed by atoms with Crippen LogP contribution in [0.1, 0.15) is 43.9 Å². The smallest absolute Gasteiger partial charge is 0.160 e. The molecule has 1 aliphatic carbocycles. The van der Waals surface area contributed by atoms with Crippen LogP contribution < -0.4 is 5.32 Å². The maximum absolute atomic E-state index is 13.5. The van der Waals surface area contributed by atoms with E-state index in [1.54, 1.807) is 4.68 Å². The molecule has 0 aromatic carbocycles. The Hall–Kier alpha value is -1.82. The molecule has 0 amide bonds. The summed E-state index contributed by atoms with van der Waals surface area (Å²) in [6.45, 7) is 4.66. The van der Waals surface area contributed by atoms with Gasteiger partial charge in [-0.05, 0) is 18.9 Å². The highest BCUT2D eigenvalue weighted by molar-refractivity contribution is 5.34. The van der Waals surface area contributed by atoms with Crippen molar-refractivity contribution in [3.8, 4) is 5.82 Å². The highest BCUT2D eigenvalue weighted by Crippen LogP contribution is 2.21. The van der Waals surface area contributed by atoms with Crippen LogP contribution in [0, 0.1) is 5.82 Å². The molecule has 2 heterocycles. The Kier molecular flexibility index (Phi) is 3.96. The number of rotatable bonds is 6. The van der Waals surface area contributed by atoms with Gasteiger partial charge >= 0.3 is 0 Å². The van der Waals surface area contributed by atoms with Crippen LogP contribution in [0.4, 0.5) is 4.39 Å². The molecule has 0 radical (unpaired) electrons. The summed E-state index contributed by atoms with van der Waals surface area (Å²) < 4.78 is 15.3. The first-order valence-electron chi connectivity index (χ1n) is 7.54. The summed E-state index contributed by atoms with van der Waals surface area (Å²) in [5, 5.41) is 7.90. The van der Waals surface area contributed by atoms with Crippen LogP contribution >= 0.6 is 0 Å². The van der Waals surface area contributed by atoms with E-state index in [0.717, 1.165) is 30.1 Å². The molecule has 5 nitrogen and oxygen atoms in total. The highest BCUT2D eigenvalue weighted by atomic mass is 19.1. The van der Waals surface area contributed by atoms with Crippen molar-refractivity contribution in [3.05, 3.63) is 35.3 Å². The fraction of sp³-hybridized carbons (Fsp3) is 0.533. The quantitative estimate of drug-likeness (QED) is 0.885. The van der Waals surface area contributed by atoms with Gasteiger partial charge in [-0.25, -0.2) is 14.4 Å². The molecule has 0 saturated heterocycles. The first-order chi connectivity index (χ1) is 10.2. The average molecular weight is 289 g/mol. The van der Waals surface area contributed by atoms with Gasteiger partial charge in [-0.3, -0.25) is 0 Å². The predicted octanol–water partition coefficient (Wildman–Crippen LogP) is 2.18. The van der Waals surface area contributed by atoms with Crippen molar-refractivity contribution in [1.82, 2.24) is 25.1 Å². The molecule has 1 fully saturated rings. The van der Waals surface area contributed by atoms with Gasteiger partial charge in [0.2, 0.25) is 0 Å². The molecule has 6 heteroatoms. The van der Waals surface area contributed by atoms with Crippen LogP contribution in [0.15, 0.2) is 12.3 Å². The molecule has 2 aromatic rings. The zero-order chi connectivity index (χ0) is 14.8. The van der Waals surface area contributed by atoms with Crippen molar-refractivity contribution < 1.29 is 4.39 Å². The Morgan fingerprint density at radius 3 is 2.81 bits per heavy atom. The summed E-state index contributed by atoms with van der Waals surface area (Å²) >= 11 is 0. The number of hydrogen-bond donors (Lipinski definition) is 1. The van der Waals surface area contributed by atoms with Crippen molar-refractivity contribution >= 4 is 0 Å². The average Bonchev–Trinajstić information content (AvgIpc) is 3.23. The zero-order valence-corrected chi connectivity index (χ0v) is 12.4. The lowest BCUT2D eigenvalue weighted by Gasteiger charge is -2.10. The van der Waals surface area contributed by atoms with E-state index in [1.807, 2.05) is 13.8 Å². The topological polar surface area (TPSA) is 55.6 Å². The fourth-order valence-electron chi connectivity index (χ4n) is 2.28. The number of nitrogens with zero attached hydrogens (tertiary/aromatic N) is 4. The van der Waals surface area contributed by atoms with Crippen LogP contribution in [0.2, 0.25) is 0 Å². The summed E-state index contributed by atoms with van der Waals surface area (Å²) in [5.41, 5.74) is 0.823. The van der Waals surface area contributed by atoms with Gasteiger partial charge in [-0.15, -0.1) is 5.10 Å². The van der Waals surface area contributed by atoms with Gasteiger partial charge in [-0.2, -0.15) is 4.68 Å². The molecule has 1 N–H and O–H groups in total. The lowest BCUT2D eigenvalue weighted by atomic mass is 10.2. The molecule has 0 atom stereocenters. The lowest BCUT2D eigenvalue weighted by molar-refractivity contribution is 0.605. The zero-order valence-electron chi connectivity index (χ0n) is 12.4. The van der Waals surface area contributed by atoms with Crippen LogP contribution in [-0.2, 0) is 19.4 Å². The van der Waals surface area contributed by atoms with Crippen LogP contribution in [0.3, 0.4) is 0 Å². The number of aromatic nitrogens is 4. The third kappa shape index (κ3) is 3.10. The molecule has 0 bridgehead atoms. The number of pyridine rings is 1. The van der Waals surface area contributed by atoms with E-state index in [1.165, 1.54) is 25.1 Å². The second-order valence-electron chi connectivity index (χ2n) is 5.35. The standard InChI is InChI=1S/C15H20FN5/c1-3-13-19-14(4-2)21(20-13)15-10(7-11(16)9-18-15)8-17-12-5-6-12/h7,9,12,17H,3-6,8H2,1-2H3. The van der Waals surface area contributed by atoms with E-state index < -0.39 is 0 Å². The van der Waals surface area contributed by atoms with E-state index >= 15 is 0 Å². The normalized spacial score (nSPS) is 14.6. The third-order valence-electron chi connectivity index (χ3n) is 3.62. The monoisotopic (exact) mass is 289 g/mol. The molecular formula is C15H20FN5. The Balaban J connectivity index is 1.97. The van der Waals surface area contributed by atoms with Crippen LogP contribution in [0.5, 0.6) is 0 Å². The Morgan fingerprint density at radius 2 is 2.14 bits per heavy atom. The minimum Gasteiger partial charge on any atom is -0.310 e. The van der Waals surface area contributed by atoms with E-state index in [9.17, 15) is 4.39 Å². The second kappa shape index (κ2) is 5.89. The number of hydrogen-bond acceptors (Lipinski definition) is 4. The van der Waals surface area contributed by atoms with Gasteiger partial charge in [0.15, 0.2) is 11.6 Å². The van der Waals surface area contributed by atoms with Gasteiger partial charge in [0, 0.05) is 31.0 Å². The van der Waals surface area contributed by atoms with E-state index in [2.05, 4.69) is 20.4 Å².